The molecule has 0 saturated carbocycles. The number of aromatic nitrogens is 2. The highest BCUT2D eigenvalue weighted by atomic mass is 32.1. The number of carbonyl (C=O) groups excluding carboxylic acids is 4. The molecule has 2 heterocycles. The zero-order valence-electron chi connectivity index (χ0n) is 19.1. The van der Waals surface area contributed by atoms with Gasteiger partial charge in [-0.1, -0.05) is 19.1 Å². The molecule has 1 aliphatic carbocycles. The summed E-state index contributed by atoms with van der Waals surface area (Å²) < 4.78 is 1.30. The number of amides is 2. The molecule has 8 nitrogen and oxygen atoms in total. The maximum absolute atomic E-state index is 12.7. The van der Waals surface area contributed by atoms with Gasteiger partial charge in [-0.3, -0.25) is 23.7 Å². The van der Waals surface area contributed by atoms with Crippen LogP contribution in [0.15, 0.2) is 42.0 Å². The molecule has 2 aromatic heterocycles. The van der Waals surface area contributed by atoms with Crippen LogP contribution in [0.4, 0.5) is 5.13 Å². The first-order valence-corrected chi connectivity index (χ1v) is 12.1. The summed E-state index contributed by atoms with van der Waals surface area (Å²) in [6.07, 6.45) is 6.34. The summed E-state index contributed by atoms with van der Waals surface area (Å²) in [5.74, 6) is -0.354. The first-order valence-electron chi connectivity index (χ1n) is 11.2. The molecule has 2 N–H and O–H groups in total. The van der Waals surface area contributed by atoms with E-state index in [4.69, 9.17) is 0 Å². The normalized spacial score (nSPS) is 15.7. The molecule has 1 aromatic carbocycles. The number of benzene rings is 1. The van der Waals surface area contributed by atoms with Crippen molar-refractivity contribution in [3.63, 3.8) is 0 Å². The van der Waals surface area contributed by atoms with Crippen molar-refractivity contribution >= 4 is 40.0 Å². The lowest BCUT2D eigenvalue weighted by Crippen LogP contribution is -2.32. The SMILES string of the molecule is CC(=O)n1ccc(C(=O)NCC(=O)Nc2nc(-c3ccc4c(c3)C(=O)CCC(C)CC4)cs2)c1. The van der Waals surface area contributed by atoms with E-state index in [1.54, 1.807) is 0 Å². The quantitative estimate of drug-likeness (QED) is 0.571. The summed E-state index contributed by atoms with van der Waals surface area (Å²) >= 11 is 1.27. The zero-order valence-corrected chi connectivity index (χ0v) is 19.9. The number of rotatable bonds is 5. The van der Waals surface area contributed by atoms with Crippen LogP contribution in [0.25, 0.3) is 11.3 Å². The molecule has 1 aliphatic rings. The second kappa shape index (κ2) is 10.1. The van der Waals surface area contributed by atoms with Crippen molar-refractivity contribution < 1.29 is 19.2 Å². The Morgan fingerprint density at radius 2 is 1.97 bits per heavy atom. The molecule has 176 valence electrons. The monoisotopic (exact) mass is 478 g/mol. The van der Waals surface area contributed by atoms with Crippen LogP contribution >= 0.6 is 11.3 Å². The molecule has 0 saturated heterocycles. The Balaban J connectivity index is 1.37. The molecule has 0 radical (unpaired) electrons. The van der Waals surface area contributed by atoms with Crippen LogP contribution in [-0.4, -0.2) is 39.6 Å². The molecule has 0 fully saturated rings. The van der Waals surface area contributed by atoms with Gasteiger partial charge in [0, 0.05) is 42.2 Å². The lowest BCUT2D eigenvalue weighted by atomic mass is 9.86. The highest BCUT2D eigenvalue weighted by Gasteiger charge is 2.19. The van der Waals surface area contributed by atoms with E-state index < -0.39 is 11.8 Å². The van der Waals surface area contributed by atoms with Crippen molar-refractivity contribution in [2.45, 2.75) is 39.5 Å². The second-order valence-corrected chi connectivity index (χ2v) is 9.43. The third kappa shape index (κ3) is 5.48. The van der Waals surface area contributed by atoms with E-state index in [1.807, 2.05) is 23.6 Å². The number of carbonyl (C=O) groups is 4. The highest BCUT2D eigenvalue weighted by molar-refractivity contribution is 7.14. The van der Waals surface area contributed by atoms with Crippen LogP contribution in [0.3, 0.4) is 0 Å². The van der Waals surface area contributed by atoms with Gasteiger partial charge in [-0.15, -0.1) is 11.3 Å². The maximum atomic E-state index is 12.7. The Kier molecular flexibility index (Phi) is 7.02. The number of hydrogen-bond acceptors (Lipinski definition) is 6. The van der Waals surface area contributed by atoms with Crippen LogP contribution < -0.4 is 10.6 Å². The van der Waals surface area contributed by atoms with Gasteiger partial charge in [-0.25, -0.2) is 4.98 Å². The predicted octanol–water partition coefficient (Wildman–Crippen LogP) is 4.19. The van der Waals surface area contributed by atoms with Gasteiger partial charge in [0.15, 0.2) is 10.9 Å². The molecule has 3 aromatic rings. The Labute approximate surface area is 201 Å². The lowest BCUT2D eigenvalue weighted by Gasteiger charge is -2.18. The maximum Gasteiger partial charge on any atom is 0.253 e. The van der Waals surface area contributed by atoms with Crippen molar-refractivity contribution in [1.82, 2.24) is 14.9 Å². The Morgan fingerprint density at radius 1 is 1.18 bits per heavy atom. The van der Waals surface area contributed by atoms with Gasteiger partial charge in [0.05, 0.1) is 17.8 Å². The largest absolute Gasteiger partial charge is 0.343 e. The van der Waals surface area contributed by atoms with Gasteiger partial charge in [-0.05, 0) is 42.9 Å². The van der Waals surface area contributed by atoms with Crippen LogP contribution in [0, 0.1) is 5.92 Å². The summed E-state index contributed by atoms with van der Waals surface area (Å²) in [7, 11) is 0. The number of Topliss-reactive ketones (excluding diaryl/α,β-unsaturated/α-hetero) is 1. The van der Waals surface area contributed by atoms with E-state index in [-0.39, 0.29) is 18.2 Å². The van der Waals surface area contributed by atoms with Gasteiger partial charge in [-0.2, -0.15) is 0 Å². The average Bonchev–Trinajstić information content (AvgIpc) is 3.49. The molecule has 34 heavy (non-hydrogen) atoms. The Hall–Kier alpha value is -3.59. The van der Waals surface area contributed by atoms with Crippen LogP contribution in [0.1, 0.15) is 64.2 Å². The molecular formula is C25H26N4O4S. The van der Waals surface area contributed by atoms with Crippen LogP contribution in [0.2, 0.25) is 0 Å². The molecular weight excluding hydrogens is 452 g/mol. The first-order chi connectivity index (χ1) is 16.3. The smallest absolute Gasteiger partial charge is 0.253 e. The fraction of sp³-hybridized carbons (Fsp3) is 0.320. The van der Waals surface area contributed by atoms with Crippen molar-refractivity contribution in [2.24, 2.45) is 5.92 Å². The summed E-state index contributed by atoms with van der Waals surface area (Å²) in [6.45, 7) is 3.35. The summed E-state index contributed by atoms with van der Waals surface area (Å²) in [6, 6.07) is 7.39. The Bertz CT molecular complexity index is 1260. The minimum atomic E-state index is -0.449. The van der Waals surface area contributed by atoms with E-state index in [1.165, 1.54) is 41.3 Å². The standard InChI is InChI=1S/C25H26N4O4S/c1-15-3-5-17-6-7-18(11-20(17)22(31)8-4-15)21-14-34-25(27-21)28-23(32)12-26-24(33)19-9-10-29(13-19)16(2)30/h6-7,9-11,13-15H,3-5,8,12H2,1-2H3,(H,26,33)(H,27,28,32). The molecule has 2 amide bonds. The number of thiazole rings is 1. The fourth-order valence-corrected chi connectivity index (χ4v) is 4.62. The number of anilines is 1. The summed E-state index contributed by atoms with van der Waals surface area (Å²) in [5.41, 5.74) is 3.66. The van der Waals surface area contributed by atoms with E-state index in [0.717, 1.165) is 36.0 Å². The van der Waals surface area contributed by atoms with Crippen molar-refractivity contribution in [3.05, 3.63) is 58.7 Å². The third-order valence-electron chi connectivity index (χ3n) is 5.96. The van der Waals surface area contributed by atoms with Crippen LogP contribution in [0.5, 0.6) is 0 Å². The van der Waals surface area contributed by atoms with E-state index in [9.17, 15) is 19.2 Å². The molecule has 0 spiro atoms. The summed E-state index contributed by atoms with van der Waals surface area (Å²) in [5, 5.41) is 7.45. The molecule has 4 rings (SSSR count). The third-order valence-corrected chi connectivity index (χ3v) is 6.71. The van der Waals surface area contributed by atoms with E-state index in [0.29, 0.717) is 28.7 Å². The zero-order chi connectivity index (χ0) is 24.2. The van der Waals surface area contributed by atoms with Gasteiger partial charge < -0.3 is 10.6 Å². The van der Waals surface area contributed by atoms with Crippen LogP contribution in [-0.2, 0) is 11.2 Å². The number of nitrogens with zero attached hydrogens (tertiary/aromatic N) is 2. The minimum absolute atomic E-state index is 0.168. The molecule has 0 bridgehead atoms. The van der Waals surface area contributed by atoms with Gasteiger partial charge >= 0.3 is 0 Å². The van der Waals surface area contributed by atoms with E-state index >= 15 is 0 Å². The van der Waals surface area contributed by atoms with Crippen molar-refractivity contribution in [2.75, 3.05) is 11.9 Å². The number of hydrogen-bond donors (Lipinski definition) is 2. The first kappa shape index (κ1) is 23.6. The van der Waals surface area contributed by atoms with E-state index in [2.05, 4.69) is 22.5 Å². The molecule has 9 heteroatoms. The predicted molar refractivity (Wildman–Crippen MR) is 130 cm³/mol. The lowest BCUT2D eigenvalue weighted by molar-refractivity contribution is -0.115. The fourth-order valence-electron chi connectivity index (χ4n) is 3.89. The molecule has 1 unspecified atom stereocenters. The number of fused-ring (bicyclic) bond motifs is 1. The van der Waals surface area contributed by atoms with Gasteiger partial charge in [0.1, 0.15) is 0 Å². The molecule has 1 atom stereocenters. The molecule has 0 aliphatic heterocycles. The second-order valence-electron chi connectivity index (χ2n) is 8.57. The van der Waals surface area contributed by atoms with Gasteiger partial charge in [0.25, 0.3) is 5.91 Å². The highest BCUT2D eigenvalue weighted by Crippen LogP contribution is 2.30. The minimum Gasteiger partial charge on any atom is -0.343 e. The summed E-state index contributed by atoms with van der Waals surface area (Å²) in [4.78, 5) is 52.9. The number of ketones is 1. The van der Waals surface area contributed by atoms with Crippen molar-refractivity contribution in [3.8, 4) is 11.3 Å². The van der Waals surface area contributed by atoms with Gasteiger partial charge in [0.2, 0.25) is 11.8 Å². The van der Waals surface area contributed by atoms with Crippen molar-refractivity contribution in [1.29, 1.82) is 0 Å². The Morgan fingerprint density at radius 3 is 2.74 bits per heavy atom. The number of aryl methyl sites for hydroxylation is 1. The topological polar surface area (TPSA) is 110 Å². The average molecular weight is 479 g/mol. The number of nitrogens with one attached hydrogen (secondary N) is 2.